The van der Waals surface area contributed by atoms with Gasteiger partial charge in [-0.25, -0.2) is 9.07 Å². The molecule has 0 amide bonds. The third kappa shape index (κ3) is 4.93. The second kappa shape index (κ2) is 9.74. The highest BCUT2D eigenvalue weighted by molar-refractivity contribution is 5.47. The summed E-state index contributed by atoms with van der Waals surface area (Å²) < 4.78 is 26.6. The lowest BCUT2D eigenvalue weighted by Crippen LogP contribution is -3.13. The van der Waals surface area contributed by atoms with Crippen molar-refractivity contribution in [2.24, 2.45) is 0 Å². The Balaban J connectivity index is 1.33. The Morgan fingerprint density at radius 2 is 1.81 bits per heavy atom. The van der Waals surface area contributed by atoms with Gasteiger partial charge in [0.05, 0.1) is 46.1 Å². The van der Waals surface area contributed by atoms with Crippen LogP contribution in [-0.2, 0) is 19.5 Å². The van der Waals surface area contributed by atoms with Crippen molar-refractivity contribution in [1.29, 1.82) is 0 Å². The van der Waals surface area contributed by atoms with Gasteiger partial charge in [0.25, 0.3) is 0 Å². The normalized spacial score (nSPS) is 14.6. The third-order valence-electron chi connectivity index (χ3n) is 5.74. The van der Waals surface area contributed by atoms with E-state index in [0.29, 0.717) is 23.7 Å². The number of hydrogen-bond donors (Lipinski definition) is 1. The molecule has 31 heavy (non-hydrogen) atoms. The standard InChI is InChI=1S/C22H27FN6O2/c1-30-20-8-7-17(15-21(20)31-2)9-10-29-22(24-25-26-29)16-27-11-13-28(14-12-27)19-6-4-3-5-18(19)23/h3-8,15H,9-14,16H2,1-2H3/p+1. The SMILES string of the molecule is COc1ccc(CCn2nnnc2C[NH+]2CCN(c3ccccc3F)CC2)cc1OC. The molecule has 1 N–H and O–H groups in total. The van der Waals surface area contributed by atoms with Crippen LogP contribution in [0, 0.1) is 5.82 Å². The Morgan fingerprint density at radius 3 is 2.55 bits per heavy atom. The number of quaternary nitrogens is 1. The molecule has 0 spiro atoms. The molecular weight excluding hydrogens is 399 g/mol. The third-order valence-corrected chi connectivity index (χ3v) is 5.74. The highest BCUT2D eigenvalue weighted by atomic mass is 19.1. The number of tetrazole rings is 1. The number of halogens is 1. The summed E-state index contributed by atoms with van der Waals surface area (Å²) >= 11 is 0. The Morgan fingerprint density at radius 1 is 1.03 bits per heavy atom. The van der Waals surface area contributed by atoms with Crippen LogP contribution in [0.5, 0.6) is 11.5 Å². The molecule has 0 atom stereocenters. The first-order valence-electron chi connectivity index (χ1n) is 10.5. The van der Waals surface area contributed by atoms with Gasteiger partial charge in [0.15, 0.2) is 11.5 Å². The molecule has 2 heterocycles. The molecule has 1 aliphatic rings. The number of anilines is 1. The lowest BCUT2D eigenvalue weighted by Gasteiger charge is -2.33. The number of nitrogens with one attached hydrogen (secondary N) is 1. The topological polar surface area (TPSA) is 69.7 Å². The molecule has 1 saturated heterocycles. The molecule has 9 heteroatoms. The molecule has 0 bridgehead atoms. The Kier molecular flexibility index (Phi) is 6.61. The van der Waals surface area contributed by atoms with E-state index >= 15 is 0 Å². The van der Waals surface area contributed by atoms with Crippen molar-refractivity contribution in [3.8, 4) is 11.5 Å². The number of rotatable bonds is 8. The van der Waals surface area contributed by atoms with E-state index in [2.05, 4.69) is 20.4 Å². The highest BCUT2D eigenvalue weighted by Crippen LogP contribution is 2.27. The van der Waals surface area contributed by atoms with Gasteiger partial charge in [-0.3, -0.25) is 0 Å². The number of nitrogens with zero attached hydrogens (tertiary/aromatic N) is 5. The number of piperazine rings is 1. The zero-order valence-electron chi connectivity index (χ0n) is 17.9. The second-order valence-corrected chi connectivity index (χ2v) is 7.62. The maximum atomic E-state index is 14.1. The van der Waals surface area contributed by atoms with Gasteiger partial charge >= 0.3 is 0 Å². The molecule has 0 saturated carbocycles. The van der Waals surface area contributed by atoms with Crippen LogP contribution in [0.15, 0.2) is 42.5 Å². The van der Waals surface area contributed by atoms with Gasteiger partial charge in [-0.1, -0.05) is 18.2 Å². The molecule has 1 aliphatic heterocycles. The van der Waals surface area contributed by atoms with Crippen LogP contribution in [0.1, 0.15) is 11.4 Å². The van der Waals surface area contributed by atoms with Crippen molar-refractivity contribution in [2.75, 3.05) is 45.3 Å². The molecule has 3 aromatic rings. The predicted molar refractivity (Wildman–Crippen MR) is 114 cm³/mol. The minimum atomic E-state index is -0.162. The molecule has 1 aromatic heterocycles. The summed E-state index contributed by atoms with van der Waals surface area (Å²) in [5.74, 6) is 2.14. The van der Waals surface area contributed by atoms with Crippen LogP contribution >= 0.6 is 0 Å². The monoisotopic (exact) mass is 427 g/mol. The lowest BCUT2D eigenvalue weighted by molar-refractivity contribution is -0.915. The fourth-order valence-electron chi connectivity index (χ4n) is 3.97. The second-order valence-electron chi connectivity index (χ2n) is 7.62. The first kappa shape index (κ1) is 21.0. The Labute approximate surface area is 181 Å². The molecule has 1 fully saturated rings. The number of benzene rings is 2. The number of methoxy groups -OCH3 is 2. The van der Waals surface area contributed by atoms with E-state index in [4.69, 9.17) is 9.47 Å². The number of hydrogen-bond acceptors (Lipinski definition) is 6. The summed E-state index contributed by atoms with van der Waals surface area (Å²) in [7, 11) is 3.26. The van der Waals surface area contributed by atoms with Crippen LogP contribution in [0.25, 0.3) is 0 Å². The van der Waals surface area contributed by atoms with E-state index in [1.165, 1.54) is 11.0 Å². The lowest BCUT2D eigenvalue weighted by atomic mass is 10.1. The molecule has 8 nitrogen and oxygen atoms in total. The van der Waals surface area contributed by atoms with Crippen LogP contribution in [0.3, 0.4) is 0 Å². The summed E-state index contributed by atoms with van der Waals surface area (Å²) in [4.78, 5) is 3.51. The summed E-state index contributed by atoms with van der Waals surface area (Å²) in [6.07, 6.45) is 0.786. The number of para-hydroxylation sites is 1. The fraction of sp³-hybridized carbons (Fsp3) is 0.409. The zero-order valence-corrected chi connectivity index (χ0v) is 17.9. The van der Waals surface area contributed by atoms with Crippen molar-refractivity contribution >= 4 is 5.69 Å². The van der Waals surface area contributed by atoms with Crippen LogP contribution in [0.4, 0.5) is 10.1 Å². The van der Waals surface area contributed by atoms with Gasteiger partial charge in [-0.05, 0) is 46.7 Å². The molecule has 4 rings (SSSR count). The predicted octanol–water partition coefficient (Wildman–Crippen LogP) is 0.977. The van der Waals surface area contributed by atoms with Crippen molar-refractivity contribution < 1.29 is 18.8 Å². The van der Waals surface area contributed by atoms with Gasteiger partial charge < -0.3 is 19.3 Å². The highest BCUT2D eigenvalue weighted by Gasteiger charge is 2.24. The minimum Gasteiger partial charge on any atom is -0.493 e. The fourth-order valence-corrected chi connectivity index (χ4v) is 3.97. The van der Waals surface area contributed by atoms with Crippen LogP contribution in [0.2, 0.25) is 0 Å². The van der Waals surface area contributed by atoms with E-state index in [-0.39, 0.29) is 5.82 Å². The van der Waals surface area contributed by atoms with Crippen molar-refractivity contribution in [3.63, 3.8) is 0 Å². The average molecular weight is 428 g/mol. The summed E-state index contributed by atoms with van der Waals surface area (Å²) in [5, 5.41) is 12.3. The molecule has 164 valence electrons. The molecule has 0 radical (unpaired) electrons. The summed E-state index contributed by atoms with van der Waals surface area (Å²) in [5.41, 5.74) is 1.81. The van der Waals surface area contributed by atoms with Gasteiger partial charge in [0.2, 0.25) is 5.82 Å². The van der Waals surface area contributed by atoms with Crippen LogP contribution < -0.4 is 19.3 Å². The minimum absolute atomic E-state index is 0.162. The molecular formula is C22H28FN6O2+. The Bertz CT molecular complexity index is 1000. The van der Waals surface area contributed by atoms with Gasteiger partial charge in [0.1, 0.15) is 12.4 Å². The van der Waals surface area contributed by atoms with E-state index in [0.717, 1.165) is 50.5 Å². The van der Waals surface area contributed by atoms with E-state index in [9.17, 15) is 4.39 Å². The Hall–Kier alpha value is -3.20. The van der Waals surface area contributed by atoms with Crippen LogP contribution in [-0.4, -0.2) is 60.6 Å². The summed E-state index contributed by atoms with van der Waals surface area (Å²) in [6.45, 7) is 4.89. The average Bonchev–Trinajstić information content (AvgIpc) is 3.25. The van der Waals surface area contributed by atoms with Gasteiger partial charge in [-0.2, -0.15) is 0 Å². The number of aryl methyl sites for hydroxylation is 2. The van der Waals surface area contributed by atoms with Crippen molar-refractivity contribution in [2.45, 2.75) is 19.5 Å². The van der Waals surface area contributed by atoms with E-state index in [1.807, 2.05) is 35.0 Å². The quantitative estimate of drug-likeness (QED) is 0.578. The van der Waals surface area contributed by atoms with Crippen molar-refractivity contribution in [1.82, 2.24) is 20.2 Å². The smallest absolute Gasteiger partial charge is 0.206 e. The van der Waals surface area contributed by atoms with E-state index in [1.54, 1.807) is 20.3 Å². The van der Waals surface area contributed by atoms with Gasteiger partial charge in [-0.15, -0.1) is 5.10 Å². The maximum Gasteiger partial charge on any atom is 0.206 e. The van der Waals surface area contributed by atoms with Crippen molar-refractivity contribution in [3.05, 3.63) is 59.7 Å². The first-order chi connectivity index (χ1) is 15.2. The zero-order chi connectivity index (χ0) is 21.6. The van der Waals surface area contributed by atoms with Gasteiger partial charge in [0, 0.05) is 6.54 Å². The molecule has 0 aliphatic carbocycles. The molecule has 0 unspecified atom stereocenters. The number of ether oxygens (including phenoxy) is 2. The van der Waals surface area contributed by atoms with E-state index < -0.39 is 0 Å². The molecule has 2 aromatic carbocycles. The summed E-state index contributed by atoms with van der Waals surface area (Å²) in [6, 6.07) is 12.9. The maximum absolute atomic E-state index is 14.1. The first-order valence-corrected chi connectivity index (χ1v) is 10.5. The number of aromatic nitrogens is 4. The largest absolute Gasteiger partial charge is 0.493 e.